The zero-order valence-electron chi connectivity index (χ0n) is 12.6. The second kappa shape index (κ2) is 6.55. The number of hydrogen-bond donors (Lipinski definition) is 1. The van der Waals surface area contributed by atoms with E-state index in [0.29, 0.717) is 5.82 Å². The third-order valence-corrected chi connectivity index (χ3v) is 3.94. The SMILES string of the molecule is O=C(NCc1nnc2n1CCCCC2)c1ccccc1[N+](=O)[O-]. The Balaban J connectivity index is 1.73. The number of benzene rings is 1. The number of carbonyl (C=O) groups excluding carboxylic acids is 1. The largest absolute Gasteiger partial charge is 0.345 e. The van der Waals surface area contributed by atoms with Gasteiger partial charge in [-0.05, 0) is 18.9 Å². The van der Waals surface area contributed by atoms with Gasteiger partial charge in [-0.15, -0.1) is 10.2 Å². The topological polar surface area (TPSA) is 103 Å². The minimum absolute atomic E-state index is 0.0492. The fourth-order valence-electron chi connectivity index (χ4n) is 2.76. The number of aromatic nitrogens is 3. The lowest BCUT2D eigenvalue weighted by Gasteiger charge is -2.08. The number of fused-ring (bicyclic) bond motifs is 1. The molecule has 0 spiro atoms. The number of nitro groups is 1. The third-order valence-electron chi connectivity index (χ3n) is 3.94. The quantitative estimate of drug-likeness (QED) is 0.685. The molecule has 2 heterocycles. The summed E-state index contributed by atoms with van der Waals surface area (Å²) in [6, 6.07) is 5.90. The standard InChI is InChI=1S/C15H17N5O3/c21-15(11-6-3-4-7-12(11)20(22)23)16-10-14-18-17-13-8-2-1-5-9-19(13)14/h3-4,6-7H,1-2,5,8-10H2,(H,16,21). The van der Waals surface area contributed by atoms with Crippen LogP contribution in [-0.2, 0) is 19.5 Å². The van der Waals surface area contributed by atoms with Crippen molar-refractivity contribution in [2.45, 2.75) is 38.8 Å². The van der Waals surface area contributed by atoms with Crippen LogP contribution in [0.4, 0.5) is 5.69 Å². The van der Waals surface area contributed by atoms with Crippen molar-refractivity contribution < 1.29 is 9.72 Å². The third kappa shape index (κ3) is 3.20. The van der Waals surface area contributed by atoms with E-state index < -0.39 is 10.8 Å². The Bertz CT molecular complexity index is 740. The summed E-state index contributed by atoms with van der Waals surface area (Å²) in [5.41, 5.74) is -0.154. The fraction of sp³-hybridized carbons (Fsp3) is 0.400. The van der Waals surface area contributed by atoms with Gasteiger partial charge in [0.1, 0.15) is 11.4 Å². The van der Waals surface area contributed by atoms with Gasteiger partial charge in [0.05, 0.1) is 11.5 Å². The van der Waals surface area contributed by atoms with Gasteiger partial charge in [-0.3, -0.25) is 14.9 Å². The second-order valence-electron chi connectivity index (χ2n) is 5.45. The van der Waals surface area contributed by atoms with Crippen LogP contribution in [0.2, 0.25) is 0 Å². The van der Waals surface area contributed by atoms with Gasteiger partial charge in [-0.2, -0.15) is 0 Å². The van der Waals surface area contributed by atoms with Gasteiger partial charge in [-0.25, -0.2) is 0 Å². The molecule has 8 nitrogen and oxygen atoms in total. The van der Waals surface area contributed by atoms with E-state index in [2.05, 4.69) is 15.5 Å². The van der Waals surface area contributed by atoms with Crippen LogP contribution in [0, 0.1) is 10.1 Å². The Morgan fingerprint density at radius 2 is 2.09 bits per heavy atom. The fourth-order valence-corrected chi connectivity index (χ4v) is 2.76. The van der Waals surface area contributed by atoms with Crippen molar-refractivity contribution in [3.05, 3.63) is 51.6 Å². The highest BCUT2D eigenvalue weighted by atomic mass is 16.6. The summed E-state index contributed by atoms with van der Waals surface area (Å²) >= 11 is 0. The number of aryl methyl sites for hydroxylation is 1. The molecule has 0 aliphatic carbocycles. The molecular weight excluding hydrogens is 298 g/mol. The number of rotatable bonds is 4. The molecular formula is C15H17N5O3. The molecule has 1 N–H and O–H groups in total. The first-order valence-corrected chi connectivity index (χ1v) is 7.59. The van der Waals surface area contributed by atoms with E-state index in [1.165, 1.54) is 18.2 Å². The molecule has 0 fully saturated rings. The van der Waals surface area contributed by atoms with Crippen LogP contribution in [0.25, 0.3) is 0 Å². The van der Waals surface area contributed by atoms with Crippen molar-refractivity contribution in [3.63, 3.8) is 0 Å². The molecule has 1 aromatic heterocycles. The van der Waals surface area contributed by atoms with Gasteiger partial charge in [0.25, 0.3) is 11.6 Å². The van der Waals surface area contributed by atoms with Gasteiger partial charge in [-0.1, -0.05) is 18.6 Å². The molecule has 0 saturated carbocycles. The molecule has 0 unspecified atom stereocenters. The van der Waals surface area contributed by atoms with Crippen LogP contribution in [0.1, 0.15) is 41.3 Å². The number of carbonyl (C=O) groups is 1. The number of para-hydroxylation sites is 1. The molecule has 0 saturated heterocycles. The van der Waals surface area contributed by atoms with Crippen LogP contribution in [-0.4, -0.2) is 25.6 Å². The zero-order chi connectivity index (χ0) is 16.2. The maximum Gasteiger partial charge on any atom is 0.282 e. The molecule has 2 aromatic rings. The van der Waals surface area contributed by atoms with Crippen molar-refractivity contribution >= 4 is 11.6 Å². The van der Waals surface area contributed by atoms with E-state index in [4.69, 9.17) is 0 Å². The lowest BCUT2D eigenvalue weighted by molar-refractivity contribution is -0.385. The zero-order valence-corrected chi connectivity index (χ0v) is 12.6. The summed E-state index contributed by atoms with van der Waals surface area (Å²) in [6.07, 6.45) is 4.22. The van der Waals surface area contributed by atoms with Crippen molar-refractivity contribution in [2.24, 2.45) is 0 Å². The summed E-state index contributed by atoms with van der Waals surface area (Å²) in [7, 11) is 0. The van der Waals surface area contributed by atoms with Crippen LogP contribution in [0.5, 0.6) is 0 Å². The summed E-state index contributed by atoms with van der Waals surface area (Å²) in [5, 5.41) is 22.0. The molecule has 0 radical (unpaired) electrons. The molecule has 8 heteroatoms. The minimum Gasteiger partial charge on any atom is -0.345 e. The first kappa shape index (κ1) is 15.1. The van der Waals surface area contributed by atoms with E-state index in [1.807, 2.05) is 4.57 Å². The van der Waals surface area contributed by atoms with Crippen molar-refractivity contribution in [1.82, 2.24) is 20.1 Å². The average molecular weight is 315 g/mol. The molecule has 0 bridgehead atoms. The summed E-state index contributed by atoms with van der Waals surface area (Å²) in [5.74, 6) is 1.15. The number of nitrogens with one attached hydrogen (secondary N) is 1. The van der Waals surface area contributed by atoms with Gasteiger partial charge in [0.15, 0.2) is 5.82 Å². The molecule has 23 heavy (non-hydrogen) atoms. The number of hydrogen-bond acceptors (Lipinski definition) is 5. The van der Waals surface area contributed by atoms with Crippen molar-refractivity contribution in [2.75, 3.05) is 0 Å². The number of nitrogens with zero attached hydrogens (tertiary/aromatic N) is 4. The molecule has 1 aliphatic rings. The smallest absolute Gasteiger partial charge is 0.282 e. The molecule has 1 aromatic carbocycles. The van der Waals surface area contributed by atoms with Crippen LogP contribution in [0.3, 0.4) is 0 Å². The lowest BCUT2D eigenvalue weighted by Crippen LogP contribution is -2.25. The van der Waals surface area contributed by atoms with Crippen molar-refractivity contribution in [1.29, 1.82) is 0 Å². The summed E-state index contributed by atoms with van der Waals surface area (Å²) in [6.45, 7) is 1.05. The van der Waals surface area contributed by atoms with Gasteiger partial charge < -0.3 is 9.88 Å². The summed E-state index contributed by atoms with van der Waals surface area (Å²) in [4.78, 5) is 22.7. The van der Waals surface area contributed by atoms with E-state index >= 15 is 0 Å². The van der Waals surface area contributed by atoms with E-state index in [0.717, 1.165) is 38.1 Å². The van der Waals surface area contributed by atoms with E-state index in [1.54, 1.807) is 6.07 Å². The van der Waals surface area contributed by atoms with E-state index in [9.17, 15) is 14.9 Å². The Kier molecular flexibility index (Phi) is 4.31. The van der Waals surface area contributed by atoms with Gasteiger partial charge in [0, 0.05) is 19.0 Å². The Hall–Kier alpha value is -2.77. The van der Waals surface area contributed by atoms with Gasteiger partial charge >= 0.3 is 0 Å². The predicted molar refractivity (Wildman–Crippen MR) is 81.8 cm³/mol. The van der Waals surface area contributed by atoms with Crippen LogP contribution >= 0.6 is 0 Å². The first-order chi connectivity index (χ1) is 11.2. The molecule has 1 amide bonds. The number of amides is 1. The first-order valence-electron chi connectivity index (χ1n) is 7.59. The van der Waals surface area contributed by atoms with Crippen LogP contribution in [0.15, 0.2) is 24.3 Å². The highest BCUT2D eigenvalue weighted by Gasteiger charge is 2.20. The molecule has 3 rings (SSSR count). The van der Waals surface area contributed by atoms with Crippen LogP contribution < -0.4 is 5.32 Å². The Morgan fingerprint density at radius 3 is 2.91 bits per heavy atom. The molecule has 120 valence electrons. The van der Waals surface area contributed by atoms with Crippen molar-refractivity contribution in [3.8, 4) is 0 Å². The molecule has 1 aliphatic heterocycles. The minimum atomic E-state index is -0.558. The highest BCUT2D eigenvalue weighted by molar-refractivity contribution is 5.97. The average Bonchev–Trinajstić information content (AvgIpc) is 2.79. The normalized spacial score (nSPS) is 13.9. The second-order valence-corrected chi connectivity index (χ2v) is 5.45. The maximum absolute atomic E-state index is 12.2. The Labute approximate surface area is 132 Å². The lowest BCUT2D eigenvalue weighted by atomic mass is 10.1. The Morgan fingerprint density at radius 1 is 1.26 bits per heavy atom. The molecule has 0 atom stereocenters. The monoisotopic (exact) mass is 315 g/mol. The maximum atomic E-state index is 12.2. The summed E-state index contributed by atoms with van der Waals surface area (Å²) < 4.78 is 2.03. The predicted octanol–water partition coefficient (Wildman–Crippen LogP) is 1.84. The van der Waals surface area contributed by atoms with Gasteiger partial charge in [0.2, 0.25) is 0 Å². The number of nitro benzene ring substituents is 1. The van der Waals surface area contributed by atoms with E-state index in [-0.39, 0.29) is 17.8 Å². The highest BCUT2D eigenvalue weighted by Crippen LogP contribution is 2.18.